The largest absolute Gasteiger partial charge is 0.351 e. The molecular weight excluding hydrogens is 378 g/mol. The molecule has 0 radical (unpaired) electrons. The van der Waals surface area contributed by atoms with Gasteiger partial charge in [0, 0.05) is 25.2 Å². The Morgan fingerprint density at radius 1 is 1.10 bits per heavy atom. The van der Waals surface area contributed by atoms with Crippen molar-refractivity contribution in [3.05, 3.63) is 71.3 Å². The Bertz CT molecular complexity index is 926. The van der Waals surface area contributed by atoms with Crippen molar-refractivity contribution in [3.63, 3.8) is 0 Å². The molecule has 1 N–H and O–H groups in total. The fraction of sp³-hybridized carbons (Fsp3) is 0.375. The predicted molar refractivity (Wildman–Crippen MR) is 114 cm³/mol. The van der Waals surface area contributed by atoms with E-state index < -0.39 is 0 Å². The Hall–Kier alpha value is -3.15. The zero-order chi connectivity index (χ0) is 21.1. The first kappa shape index (κ1) is 20.1. The molecule has 30 heavy (non-hydrogen) atoms. The second-order valence-electron chi connectivity index (χ2n) is 8.16. The zero-order valence-corrected chi connectivity index (χ0v) is 17.2. The fourth-order valence-corrected chi connectivity index (χ4v) is 4.23. The Kier molecular flexibility index (Phi) is 5.84. The van der Waals surface area contributed by atoms with Gasteiger partial charge >= 0.3 is 0 Å². The molecule has 2 saturated heterocycles. The highest BCUT2D eigenvalue weighted by Crippen LogP contribution is 2.24. The Morgan fingerprint density at radius 3 is 2.57 bits per heavy atom. The summed E-state index contributed by atoms with van der Waals surface area (Å²) >= 11 is 0. The van der Waals surface area contributed by atoms with E-state index in [2.05, 4.69) is 24.4 Å². The Morgan fingerprint density at radius 2 is 1.83 bits per heavy atom. The maximum absolute atomic E-state index is 12.7. The summed E-state index contributed by atoms with van der Waals surface area (Å²) in [5, 5.41) is 2.98. The minimum Gasteiger partial charge on any atom is -0.351 e. The van der Waals surface area contributed by atoms with E-state index in [1.165, 1.54) is 5.56 Å². The first-order valence-corrected chi connectivity index (χ1v) is 10.5. The van der Waals surface area contributed by atoms with E-state index in [1.807, 2.05) is 30.3 Å². The third kappa shape index (κ3) is 4.22. The van der Waals surface area contributed by atoms with E-state index in [0.29, 0.717) is 25.2 Å². The van der Waals surface area contributed by atoms with Gasteiger partial charge in [-0.25, -0.2) is 0 Å². The summed E-state index contributed by atoms with van der Waals surface area (Å²) in [7, 11) is 0. The van der Waals surface area contributed by atoms with Gasteiger partial charge in [-0.1, -0.05) is 49.4 Å². The van der Waals surface area contributed by atoms with Gasteiger partial charge in [0.05, 0.1) is 0 Å². The molecular formula is C24H27N3O3. The average Bonchev–Trinajstić information content (AvgIpc) is 3.27. The van der Waals surface area contributed by atoms with Crippen LogP contribution < -0.4 is 5.32 Å². The van der Waals surface area contributed by atoms with Crippen molar-refractivity contribution in [2.75, 3.05) is 19.6 Å². The number of nitrogens with one attached hydrogen (secondary N) is 1. The molecule has 156 valence electrons. The molecule has 2 aliphatic rings. The Balaban J connectivity index is 1.33. The summed E-state index contributed by atoms with van der Waals surface area (Å²) in [6.07, 6.45) is 1.64. The number of carbonyl (C=O) groups is 3. The van der Waals surface area contributed by atoms with Gasteiger partial charge in [0.15, 0.2) is 0 Å². The average molecular weight is 405 g/mol. The van der Waals surface area contributed by atoms with Crippen molar-refractivity contribution >= 4 is 17.7 Å². The lowest BCUT2D eigenvalue weighted by Crippen LogP contribution is -2.56. The maximum atomic E-state index is 12.7. The molecule has 0 spiro atoms. The third-order valence-electron chi connectivity index (χ3n) is 6.02. The molecule has 2 atom stereocenters. The molecule has 3 amide bonds. The van der Waals surface area contributed by atoms with Crippen molar-refractivity contribution < 1.29 is 14.4 Å². The van der Waals surface area contributed by atoms with Crippen LogP contribution in [0.2, 0.25) is 0 Å². The van der Waals surface area contributed by atoms with E-state index in [-0.39, 0.29) is 36.2 Å². The van der Waals surface area contributed by atoms with Gasteiger partial charge in [-0.2, -0.15) is 0 Å². The molecule has 4 rings (SSSR count). The first-order chi connectivity index (χ1) is 14.5. The van der Waals surface area contributed by atoms with Crippen molar-refractivity contribution in [1.29, 1.82) is 0 Å². The van der Waals surface area contributed by atoms with Crippen LogP contribution in [0, 0.1) is 0 Å². The van der Waals surface area contributed by atoms with Crippen LogP contribution in [0.1, 0.15) is 47.2 Å². The molecule has 0 bridgehead atoms. The number of hydrogen-bond donors (Lipinski definition) is 1. The van der Waals surface area contributed by atoms with E-state index in [1.54, 1.807) is 21.9 Å². The molecule has 2 fully saturated rings. The summed E-state index contributed by atoms with van der Waals surface area (Å²) < 4.78 is 0. The topological polar surface area (TPSA) is 69.7 Å². The number of carbonyl (C=O) groups excluding carboxylic acids is 3. The molecule has 2 heterocycles. The highest BCUT2D eigenvalue weighted by atomic mass is 16.2. The van der Waals surface area contributed by atoms with Gasteiger partial charge in [0.25, 0.3) is 5.91 Å². The highest BCUT2D eigenvalue weighted by Gasteiger charge is 2.41. The lowest BCUT2D eigenvalue weighted by atomic mass is 10.0. The molecule has 2 unspecified atom stereocenters. The van der Waals surface area contributed by atoms with Crippen LogP contribution in [0.25, 0.3) is 0 Å². The van der Waals surface area contributed by atoms with Gasteiger partial charge < -0.3 is 15.1 Å². The van der Waals surface area contributed by atoms with Crippen LogP contribution in [-0.2, 0) is 16.1 Å². The minimum absolute atomic E-state index is 0.0284. The molecule has 2 aromatic rings. The standard InChI is InChI=1S/C24H27N3O3/c1-17(19-6-3-2-4-7-19)14-25-23(29)20-11-9-18(10-12-20)15-26-16-22(28)27-13-5-8-21(27)24(26)30/h2-4,6-7,9-12,17,21H,5,8,13-16H2,1H3,(H,25,29). The van der Waals surface area contributed by atoms with Gasteiger partial charge in [-0.15, -0.1) is 0 Å². The van der Waals surface area contributed by atoms with E-state index in [9.17, 15) is 14.4 Å². The number of nitrogens with zero attached hydrogens (tertiary/aromatic N) is 2. The molecule has 2 aliphatic heterocycles. The number of amides is 3. The number of hydrogen-bond acceptors (Lipinski definition) is 3. The number of benzene rings is 2. The fourth-order valence-electron chi connectivity index (χ4n) is 4.23. The quantitative estimate of drug-likeness (QED) is 0.803. The van der Waals surface area contributed by atoms with Gasteiger partial charge in [0.1, 0.15) is 12.6 Å². The second kappa shape index (κ2) is 8.69. The van der Waals surface area contributed by atoms with Crippen LogP contribution in [-0.4, -0.2) is 53.2 Å². The smallest absolute Gasteiger partial charge is 0.251 e. The lowest BCUT2D eigenvalue weighted by Gasteiger charge is -2.36. The number of fused-ring (bicyclic) bond motifs is 1. The summed E-state index contributed by atoms with van der Waals surface area (Å²) in [4.78, 5) is 40.8. The monoisotopic (exact) mass is 405 g/mol. The van der Waals surface area contributed by atoms with Gasteiger partial charge in [-0.05, 0) is 42.0 Å². The summed E-state index contributed by atoms with van der Waals surface area (Å²) in [5.74, 6) is 0.173. The maximum Gasteiger partial charge on any atom is 0.251 e. The summed E-state index contributed by atoms with van der Waals surface area (Å²) in [6, 6.07) is 17.1. The van der Waals surface area contributed by atoms with Crippen LogP contribution in [0.4, 0.5) is 0 Å². The van der Waals surface area contributed by atoms with Crippen LogP contribution in [0.15, 0.2) is 54.6 Å². The van der Waals surface area contributed by atoms with Crippen molar-refractivity contribution in [2.24, 2.45) is 0 Å². The van der Waals surface area contributed by atoms with Crippen molar-refractivity contribution in [1.82, 2.24) is 15.1 Å². The highest BCUT2D eigenvalue weighted by molar-refractivity contribution is 5.95. The van der Waals surface area contributed by atoms with Crippen molar-refractivity contribution in [2.45, 2.75) is 38.3 Å². The number of piperazine rings is 1. The third-order valence-corrected chi connectivity index (χ3v) is 6.02. The van der Waals surface area contributed by atoms with Crippen molar-refractivity contribution in [3.8, 4) is 0 Å². The summed E-state index contributed by atoms with van der Waals surface area (Å²) in [5.41, 5.74) is 2.69. The molecule has 0 saturated carbocycles. The lowest BCUT2D eigenvalue weighted by molar-refractivity contribution is -0.154. The SMILES string of the molecule is CC(CNC(=O)c1ccc(CN2CC(=O)N3CCCC3C2=O)cc1)c1ccccc1. The molecule has 0 aromatic heterocycles. The van der Waals surface area contributed by atoms with Gasteiger partial charge in [0.2, 0.25) is 11.8 Å². The Labute approximate surface area is 176 Å². The molecule has 6 heteroatoms. The minimum atomic E-state index is -0.289. The predicted octanol–water partition coefficient (Wildman–Crippen LogP) is 2.55. The normalized spacial score (nSPS) is 19.6. The van der Waals surface area contributed by atoms with Crippen LogP contribution in [0.3, 0.4) is 0 Å². The molecule has 6 nitrogen and oxygen atoms in total. The zero-order valence-electron chi connectivity index (χ0n) is 17.2. The van der Waals surface area contributed by atoms with E-state index in [4.69, 9.17) is 0 Å². The van der Waals surface area contributed by atoms with Crippen LogP contribution in [0.5, 0.6) is 0 Å². The van der Waals surface area contributed by atoms with Gasteiger partial charge in [-0.3, -0.25) is 14.4 Å². The molecule has 0 aliphatic carbocycles. The van der Waals surface area contributed by atoms with E-state index >= 15 is 0 Å². The second-order valence-corrected chi connectivity index (χ2v) is 8.16. The van der Waals surface area contributed by atoms with Crippen LogP contribution >= 0.6 is 0 Å². The number of rotatable bonds is 6. The molecule has 2 aromatic carbocycles. The summed E-state index contributed by atoms with van der Waals surface area (Å²) in [6.45, 7) is 3.86. The van der Waals surface area contributed by atoms with E-state index in [0.717, 1.165) is 18.4 Å². The first-order valence-electron chi connectivity index (χ1n) is 10.5.